The van der Waals surface area contributed by atoms with E-state index < -0.39 is 6.03 Å². The first-order valence-corrected chi connectivity index (χ1v) is 3.24. The average Bonchev–Trinajstić information content (AvgIpc) is 2.09. The number of nitrogens with zero attached hydrogens (tertiary/aromatic N) is 2. The number of nitrogens with one attached hydrogen (secondary N) is 2. The number of amides is 2. The Morgan fingerprint density at radius 3 is 2.64 bits per heavy atom. The van der Waals surface area contributed by atoms with E-state index in [-0.39, 0.29) is 5.56 Å². The highest BCUT2D eigenvalue weighted by Gasteiger charge is 1.90. The molecule has 1 aromatic rings. The van der Waals surface area contributed by atoms with E-state index in [1.807, 2.05) is 0 Å². The van der Waals surface area contributed by atoms with E-state index in [4.69, 9.17) is 15.9 Å². The third kappa shape index (κ3) is 5.22. The van der Waals surface area contributed by atoms with Gasteiger partial charge in [0.05, 0.1) is 0 Å². The maximum absolute atomic E-state index is 10.4. The molecule has 2 amide bonds. The molecule has 0 aliphatic carbocycles. The molecule has 0 aromatic carbocycles. The fraction of sp³-hybridized carbons (Fsp3) is 0. The summed E-state index contributed by atoms with van der Waals surface area (Å²) in [6.45, 7) is 0. The Kier molecular flexibility index (Phi) is 5.02. The van der Waals surface area contributed by atoms with Gasteiger partial charge in [0.1, 0.15) is 6.33 Å². The van der Waals surface area contributed by atoms with Crippen molar-refractivity contribution in [3.8, 4) is 0 Å². The monoisotopic (exact) mass is 197 g/mol. The Balaban J connectivity index is 0.000000500. The van der Waals surface area contributed by atoms with Crippen LogP contribution in [0.3, 0.4) is 0 Å². The SMILES string of the molecule is N=C=O.NC(=O)Nn1ccc(=O)nc1. The van der Waals surface area contributed by atoms with Gasteiger partial charge in [0.2, 0.25) is 6.08 Å². The molecule has 8 nitrogen and oxygen atoms in total. The summed E-state index contributed by atoms with van der Waals surface area (Å²) in [6, 6.07) is 0.492. The molecule has 8 heteroatoms. The molecule has 1 rings (SSSR count). The minimum atomic E-state index is -0.713. The summed E-state index contributed by atoms with van der Waals surface area (Å²) < 4.78 is 1.18. The summed E-state index contributed by atoms with van der Waals surface area (Å²) in [6.07, 6.45) is 3.26. The van der Waals surface area contributed by atoms with Gasteiger partial charge in [-0.3, -0.25) is 4.79 Å². The molecule has 0 unspecified atom stereocenters. The van der Waals surface area contributed by atoms with E-state index in [0.29, 0.717) is 0 Å². The van der Waals surface area contributed by atoms with Crippen LogP contribution in [0.25, 0.3) is 0 Å². The second kappa shape index (κ2) is 6.09. The predicted molar refractivity (Wildman–Crippen MR) is 45.9 cm³/mol. The van der Waals surface area contributed by atoms with Crippen molar-refractivity contribution in [2.45, 2.75) is 0 Å². The first kappa shape index (κ1) is 11.5. The third-order valence-electron chi connectivity index (χ3n) is 0.926. The molecule has 0 aliphatic rings. The molecule has 0 bridgehead atoms. The first-order valence-electron chi connectivity index (χ1n) is 3.24. The fourth-order valence-corrected chi connectivity index (χ4v) is 0.538. The molecule has 0 fully saturated rings. The Hall–Kier alpha value is -2.47. The van der Waals surface area contributed by atoms with Gasteiger partial charge >= 0.3 is 6.03 Å². The van der Waals surface area contributed by atoms with Crippen molar-refractivity contribution in [1.82, 2.24) is 9.66 Å². The minimum absolute atomic E-state index is 0.368. The van der Waals surface area contributed by atoms with Crippen molar-refractivity contribution in [3.05, 3.63) is 28.9 Å². The molecule has 0 spiro atoms. The highest BCUT2D eigenvalue weighted by Crippen LogP contribution is 1.73. The standard InChI is InChI=1S/C5H6N4O2.CHNO/c6-5(11)8-9-2-1-4(10)7-3-9;2-1-3/h1-3H,(H3,6,8,11);2H. The van der Waals surface area contributed by atoms with Gasteiger partial charge in [-0.25, -0.2) is 25.1 Å². The van der Waals surface area contributed by atoms with Crippen molar-refractivity contribution in [1.29, 1.82) is 5.41 Å². The molecule has 4 N–H and O–H groups in total. The Labute approximate surface area is 77.8 Å². The molecule has 14 heavy (non-hydrogen) atoms. The fourth-order valence-electron chi connectivity index (χ4n) is 0.538. The number of isocyanates is 1. The van der Waals surface area contributed by atoms with Crippen LogP contribution < -0.4 is 16.7 Å². The van der Waals surface area contributed by atoms with Gasteiger partial charge in [0, 0.05) is 12.3 Å². The van der Waals surface area contributed by atoms with Crippen LogP contribution in [0.4, 0.5) is 4.79 Å². The van der Waals surface area contributed by atoms with Crippen molar-refractivity contribution in [2.75, 3.05) is 5.43 Å². The number of hydrogen-bond acceptors (Lipinski definition) is 5. The topological polar surface area (TPSA) is 131 Å². The minimum Gasteiger partial charge on any atom is -0.350 e. The normalized spacial score (nSPS) is 7.71. The number of carbonyl (C=O) groups is 1. The number of carbonyl (C=O) groups excluding carboxylic acids is 2. The molecule has 1 heterocycles. The van der Waals surface area contributed by atoms with Gasteiger partial charge in [-0.2, -0.15) is 4.98 Å². The van der Waals surface area contributed by atoms with Gasteiger partial charge in [-0.05, 0) is 0 Å². The van der Waals surface area contributed by atoms with Gasteiger partial charge < -0.3 is 5.73 Å². The Morgan fingerprint density at radius 2 is 2.29 bits per heavy atom. The summed E-state index contributed by atoms with van der Waals surface area (Å²) >= 11 is 0. The van der Waals surface area contributed by atoms with E-state index in [0.717, 1.165) is 12.4 Å². The van der Waals surface area contributed by atoms with Gasteiger partial charge in [-0.15, -0.1) is 0 Å². The average molecular weight is 197 g/mol. The van der Waals surface area contributed by atoms with Crippen LogP contribution in [0.5, 0.6) is 0 Å². The van der Waals surface area contributed by atoms with Gasteiger partial charge in [0.25, 0.3) is 5.56 Å². The highest BCUT2D eigenvalue weighted by molar-refractivity contribution is 5.79. The molecule has 0 saturated heterocycles. The third-order valence-corrected chi connectivity index (χ3v) is 0.926. The van der Waals surface area contributed by atoms with Crippen LogP contribution >= 0.6 is 0 Å². The number of urea groups is 1. The zero-order valence-corrected chi connectivity index (χ0v) is 6.93. The lowest BCUT2D eigenvalue weighted by molar-refractivity contribution is 0.257. The lowest BCUT2D eigenvalue weighted by Crippen LogP contribution is -2.29. The first-order chi connectivity index (χ1) is 6.60. The largest absolute Gasteiger partial charge is 0.350 e. The maximum Gasteiger partial charge on any atom is 0.331 e. The number of rotatable bonds is 1. The lowest BCUT2D eigenvalue weighted by Gasteiger charge is -2.02. The summed E-state index contributed by atoms with van der Waals surface area (Å²) in [5.74, 6) is 0. The number of aromatic nitrogens is 2. The second-order valence-corrected chi connectivity index (χ2v) is 1.88. The van der Waals surface area contributed by atoms with Crippen LogP contribution in [0, 0.1) is 5.41 Å². The molecular weight excluding hydrogens is 190 g/mol. The molecule has 0 aliphatic heterocycles. The Bertz CT molecular complexity index is 372. The quantitative estimate of drug-likeness (QED) is 0.384. The maximum atomic E-state index is 10.4. The van der Waals surface area contributed by atoms with E-state index in [9.17, 15) is 9.59 Å². The second-order valence-electron chi connectivity index (χ2n) is 1.88. The Morgan fingerprint density at radius 1 is 1.71 bits per heavy atom. The number of nitrogens with two attached hydrogens (primary N) is 1. The van der Waals surface area contributed by atoms with Crippen molar-refractivity contribution < 1.29 is 9.59 Å². The highest BCUT2D eigenvalue weighted by atomic mass is 16.2. The van der Waals surface area contributed by atoms with Crippen molar-refractivity contribution in [2.24, 2.45) is 5.73 Å². The molecular formula is C6H7N5O3. The zero-order chi connectivity index (χ0) is 11.0. The van der Waals surface area contributed by atoms with Gasteiger partial charge in [0.15, 0.2) is 0 Å². The van der Waals surface area contributed by atoms with E-state index in [2.05, 4.69) is 10.4 Å². The van der Waals surface area contributed by atoms with Gasteiger partial charge in [-0.1, -0.05) is 0 Å². The van der Waals surface area contributed by atoms with Crippen LogP contribution in [0.15, 0.2) is 23.4 Å². The van der Waals surface area contributed by atoms with Crippen LogP contribution in [-0.4, -0.2) is 21.8 Å². The molecule has 0 atom stereocenters. The summed E-state index contributed by atoms with van der Waals surface area (Å²) in [5, 5.41) is 5.40. The predicted octanol–water partition coefficient (Wildman–Crippen LogP) is -1.23. The van der Waals surface area contributed by atoms with E-state index in [1.165, 1.54) is 16.9 Å². The molecule has 0 radical (unpaired) electrons. The summed E-state index contributed by atoms with van der Waals surface area (Å²) in [4.78, 5) is 32.4. The van der Waals surface area contributed by atoms with Crippen molar-refractivity contribution in [3.63, 3.8) is 0 Å². The smallest absolute Gasteiger partial charge is 0.331 e. The lowest BCUT2D eigenvalue weighted by atomic mass is 10.7. The molecule has 0 saturated carbocycles. The van der Waals surface area contributed by atoms with Crippen molar-refractivity contribution >= 4 is 12.1 Å². The molecule has 1 aromatic heterocycles. The number of hydrogen-bond donors (Lipinski definition) is 3. The van der Waals surface area contributed by atoms with E-state index >= 15 is 0 Å². The summed E-state index contributed by atoms with van der Waals surface area (Å²) in [7, 11) is 0. The summed E-state index contributed by atoms with van der Waals surface area (Å²) in [5.41, 5.74) is 6.60. The van der Waals surface area contributed by atoms with Crippen LogP contribution in [-0.2, 0) is 4.79 Å². The number of primary amides is 1. The van der Waals surface area contributed by atoms with Crippen LogP contribution in [0.1, 0.15) is 0 Å². The van der Waals surface area contributed by atoms with Crippen LogP contribution in [0.2, 0.25) is 0 Å². The van der Waals surface area contributed by atoms with E-state index in [1.54, 1.807) is 0 Å². The molecule has 74 valence electrons. The zero-order valence-electron chi connectivity index (χ0n) is 6.93.